The Hall–Kier alpha value is -2.27. The van der Waals surface area contributed by atoms with E-state index < -0.39 is 11.2 Å². The lowest BCUT2D eigenvalue weighted by atomic mass is 10.2. The molecule has 3 heterocycles. The highest BCUT2D eigenvalue weighted by Gasteiger charge is 2.34. The summed E-state index contributed by atoms with van der Waals surface area (Å²) >= 11 is 0.542. The zero-order valence-corrected chi connectivity index (χ0v) is 13.8. The van der Waals surface area contributed by atoms with E-state index in [2.05, 4.69) is 25.6 Å². The van der Waals surface area contributed by atoms with Gasteiger partial charge in [-0.2, -0.15) is 13.2 Å². The third kappa shape index (κ3) is 4.42. The van der Waals surface area contributed by atoms with E-state index in [0.717, 1.165) is 13.1 Å². The van der Waals surface area contributed by atoms with Gasteiger partial charge in [-0.1, -0.05) is 0 Å². The number of hydrogen-bond acceptors (Lipinski definition) is 7. The second-order valence-electron chi connectivity index (χ2n) is 5.33. The van der Waals surface area contributed by atoms with Crippen molar-refractivity contribution >= 4 is 23.2 Å². The molecule has 11 heteroatoms. The van der Waals surface area contributed by atoms with Crippen LogP contribution in [0.1, 0.15) is 21.1 Å². The fourth-order valence-electron chi connectivity index (χ4n) is 2.27. The third-order valence-electron chi connectivity index (χ3n) is 3.52. The van der Waals surface area contributed by atoms with Crippen molar-refractivity contribution in [2.75, 3.05) is 31.5 Å². The normalized spacial score (nSPS) is 15.2. The second kappa shape index (κ2) is 7.31. The van der Waals surface area contributed by atoms with Crippen LogP contribution in [0.3, 0.4) is 0 Å². The molecule has 0 spiro atoms. The molecule has 0 saturated carbocycles. The molecule has 25 heavy (non-hydrogen) atoms. The SMILES string of the molecule is O=C(c1cnc(NCc2csc(C(F)(F)F)n2)nc1)N1CCNCC1. The van der Waals surface area contributed by atoms with Crippen molar-refractivity contribution in [2.24, 2.45) is 0 Å². The van der Waals surface area contributed by atoms with E-state index in [-0.39, 0.29) is 24.1 Å². The van der Waals surface area contributed by atoms with Crippen molar-refractivity contribution in [3.63, 3.8) is 0 Å². The number of halogens is 3. The first-order valence-electron chi connectivity index (χ1n) is 7.51. The van der Waals surface area contributed by atoms with E-state index in [1.165, 1.54) is 17.8 Å². The van der Waals surface area contributed by atoms with Gasteiger partial charge in [-0.3, -0.25) is 4.79 Å². The summed E-state index contributed by atoms with van der Waals surface area (Å²) in [6, 6.07) is 0. The molecule has 1 amide bonds. The Morgan fingerprint density at radius 1 is 1.28 bits per heavy atom. The minimum Gasteiger partial charge on any atom is -0.349 e. The summed E-state index contributed by atoms with van der Waals surface area (Å²) < 4.78 is 37.5. The zero-order chi connectivity index (χ0) is 17.9. The number of nitrogens with one attached hydrogen (secondary N) is 2. The van der Waals surface area contributed by atoms with Gasteiger partial charge in [0.1, 0.15) is 0 Å². The topological polar surface area (TPSA) is 83.0 Å². The number of nitrogens with zero attached hydrogens (tertiary/aromatic N) is 4. The van der Waals surface area contributed by atoms with Crippen molar-refractivity contribution in [3.05, 3.63) is 34.0 Å². The monoisotopic (exact) mass is 372 g/mol. The summed E-state index contributed by atoms with van der Waals surface area (Å²) in [6.07, 6.45) is -1.63. The maximum atomic E-state index is 12.5. The number of hydrogen-bond donors (Lipinski definition) is 2. The maximum absolute atomic E-state index is 12.5. The molecule has 0 atom stereocenters. The van der Waals surface area contributed by atoms with Gasteiger partial charge in [0.2, 0.25) is 5.95 Å². The molecule has 7 nitrogen and oxygen atoms in total. The first kappa shape index (κ1) is 17.5. The molecule has 1 aliphatic rings. The van der Waals surface area contributed by atoms with Gasteiger partial charge >= 0.3 is 6.18 Å². The Morgan fingerprint density at radius 2 is 1.96 bits per heavy atom. The van der Waals surface area contributed by atoms with Crippen LogP contribution in [0.2, 0.25) is 0 Å². The smallest absolute Gasteiger partial charge is 0.349 e. The number of alkyl halides is 3. The summed E-state index contributed by atoms with van der Waals surface area (Å²) in [6.45, 7) is 2.83. The van der Waals surface area contributed by atoms with Gasteiger partial charge in [-0.15, -0.1) is 11.3 Å². The molecule has 134 valence electrons. The number of aromatic nitrogens is 3. The highest BCUT2D eigenvalue weighted by molar-refractivity contribution is 7.09. The number of thiazole rings is 1. The molecule has 1 aliphatic heterocycles. The molecule has 0 bridgehead atoms. The summed E-state index contributed by atoms with van der Waals surface area (Å²) in [5.41, 5.74) is 0.627. The van der Waals surface area contributed by atoms with E-state index >= 15 is 0 Å². The molecule has 2 N–H and O–H groups in total. The first-order chi connectivity index (χ1) is 11.9. The summed E-state index contributed by atoms with van der Waals surface area (Å²) in [4.78, 5) is 25.6. The van der Waals surface area contributed by atoms with Crippen molar-refractivity contribution in [2.45, 2.75) is 12.7 Å². The van der Waals surface area contributed by atoms with Crippen LogP contribution in [0, 0.1) is 0 Å². The van der Waals surface area contributed by atoms with Crippen molar-refractivity contribution in [3.8, 4) is 0 Å². The third-order valence-corrected chi connectivity index (χ3v) is 4.46. The molecule has 0 aromatic carbocycles. The average Bonchev–Trinajstić information content (AvgIpc) is 3.10. The minimum absolute atomic E-state index is 0.0671. The highest BCUT2D eigenvalue weighted by atomic mass is 32.1. The molecule has 0 unspecified atom stereocenters. The predicted molar refractivity (Wildman–Crippen MR) is 85.2 cm³/mol. The van der Waals surface area contributed by atoms with Gasteiger partial charge in [-0.25, -0.2) is 15.0 Å². The van der Waals surface area contributed by atoms with Gasteiger partial charge in [0.25, 0.3) is 5.91 Å². The maximum Gasteiger partial charge on any atom is 0.443 e. The van der Waals surface area contributed by atoms with Crippen LogP contribution in [0.15, 0.2) is 17.8 Å². The van der Waals surface area contributed by atoms with Gasteiger partial charge in [-0.05, 0) is 0 Å². The molecule has 0 radical (unpaired) electrons. The highest BCUT2D eigenvalue weighted by Crippen LogP contribution is 2.31. The average molecular weight is 372 g/mol. The van der Waals surface area contributed by atoms with Gasteiger partial charge in [0.05, 0.1) is 17.8 Å². The fraction of sp³-hybridized carbons (Fsp3) is 0.429. The minimum atomic E-state index is -4.44. The number of rotatable bonds is 4. The molecule has 2 aromatic heterocycles. The molecule has 1 fully saturated rings. The lowest BCUT2D eigenvalue weighted by Crippen LogP contribution is -2.46. The lowest BCUT2D eigenvalue weighted by molar-refractivity contribution is -0.137. The first-order valence-corrected chi connectivity index (χ1v) is 8.39. The largest absolute Gasteiger partial charge is 0.443 e. The van der Waals surface area contributed by atoms with Crippen LogP contribution < -0.4 is 10.6 Å². The van der Waals surface area contributed by atoms with E-state index in [1.54, 1.807) is 4.90 Å². The van der Waals surface area contributed by atoms with E-state index in [1.807, 2.05) is 0 Å². The standard InChI is InChI=1S/C14H15F3N6OS/c15-14(16,17)12-22-10(8-25-12)7-21-13-19-5-9(6-20-13)11(24)23-3-1-18-2-4-23/h5-6,8,18H,1-4,7H2,(H,19,20,21). The number of carbonyl (C=O) groups excluding carboxylic acids is 1. The van der Waals surface area contributed by atoms with Crippen LogP contribution in [0.25, 0.3) is 0 Å². The summed E-state index contributed by atoms with van der Waals surface area (Å²) in [7, 11) is 0. The zero-order valence-electron chi connectivity index (χ0n) is 13.0. The number of carbonyl (C=O) groups is 1. The summed E-state index contributed by atoms with van der Waals surface area (Å²) in [5, 5.41) is 6.40. The Bertz CT molecular complexity index is 727. The van der Waals surface area contributed by atoms with Crippen molar-refractivity contribution < 1.29 is 18.0 Å². The van der Waals surface area contributed by atoms with Crippen LogP contribution in [-0.4, -0.2) is 51.9 Å². The van der Waals surface area contributed by atoms with Crippen molar-refractivity contribution in [1.82, 2.24) is 25.2 Å². The molecule has 2 aromatic rings. The van der Waals surface area contributed by atoms with Crippen LogP contribution in [-0.2, 0) is 12.7 Å². The fourth-order valence-corrected chi connectivity index (χ4v) is 2.96. The number of amides is 1. The van der Waals surface area contributed by atoms with Crippen LogP contribution in [0.4, 0.5) is 19.1 Å². The Balaban J connectivity index is 1.57. The van der Waals surface area contributed by atoms with E-state index in [0.29, 0.717) is 30.0 Å². The molecule has 0 aliphatic carbocycles. The van der Waals surface area contributed by atoms with Crippen molar-refractivity contribution in [1.29, 1.82) is 0 Å². The lowest BCUT2D eigenvalue weighted by Gasteiger charge is -2.27. The van der Waals surface area contributed by atoms with Crippen LogP contribution in [0.5, 0.6) is 0 Å². The van der Waals surface area contributed by atoms with Crippen LogP contribution >= 0.6 is 11.3 Å². The van der Waals surface area contributed by atoms with Gasteiger partial charge < -0.3 is 15.5 Å². The molecule has 3 rings (SSSR count). The van der Waals surface area contributed by atoms with E-state index in [9.17, 15) is 18.0 Å². The Kier molecular flexibility index (Phi) is 5.13. The predicted octanol–water partition coefficient (Wildman–Crippen LogP) is 1.61. The number of anilines is 1. The summed E-state index contributed by atoms with van der Waals surface area (Å²) in [5.74, 6) is 0.0841. The van der Waals surface area contributed by atoms with Gasteiger partial charge in [0, 0.05) is 44.0 Å². The molecule has 1 saturated heterocycles. The molecular weight excluding hydrogens is 357 g/mol. The van der Waals surface area contributed by atoms with Gasteiger partial charge in [0.15, 0.2) is 5.01 Å². The quantitative estimate of drug-likeness (QED) is 0.849. The van der Waals surface area contributed by atoms with E-state index in [4.69, 9.17) is 0 Å². The molecular formula is C14H15F3N6OS. The second-order valence-corrected chi connectivity index (χ2v) is 6.19. The number of piperazine rings is 1. The Morgan fingerprint density at radius 3 is 2.56 bits per heavy atom. The Labute approximate surface area is 145 Å².